The first kappa shape index (κ1) is 14.2. The molecule has 0 fully saturated rings. The van der Waals surface area contributed by atoms with Crippen LogP contribution >= 0.6 is 0 Å². The van der Waals surface area contributed by atoms with Gasteiger partial charge in [0.05, 0.1) is 0 Å². The van der Waals surface area contributed by atoms with Crippen LogP contribution in [0.2, 0.25) is 0 Å². The largest absolute Gasteiger partial charge is 0.768 e. The summed E-state index contributed by atoms with van der Waals surface area (Å²) >= 11 is -2.16. The summed E-state index contributed by atoms with van der Waals surface area (Å²) in [7, 11) is 0. The maximum Gasteiger partial charge on any atom is 0.0378 e. The summed E-state index contributed by atoms with van der Waals surface area (Å²) in [5.74, 6) is 0. The summed E-state index contributed by atoms with van der Waals surface area (Å²) in [6.07, 6.45) is 0. The number of nitrogens with one attached hydrogen (secondary N) is 1. The average Bonchev–Trinajstić information content (AvgIpc) is 2.35. The Morgan fingerprint density at radius 1 is 1.41 bits per heavy atom. The van der Waals surface area contributed by atoms with Crippen molar-refractivity contribution >= 4 is 16.8 Å². The number of anilines is 1. The van der Waals surface area contributed by atoms with E-state index in [0.717, 1.165) is 31.9 Å². The molecule has 17 heavy (non-hydrogen) atoms. The summed E-state index contributed by atoms with van der Waals surface area (Å²) in [5, 5.41) is 3.26. The van der Waals surface area contributed by atoms with Crippen molar-refractivity contribution in [3.05, 3.63) is 24.3 Å². The van der Waals surface area contributed by atoms with Crippen molar-refractivity contribution in [3.8, 4) is 0 Å². The van der Waals surface area contributed by atoms with Crippen LogP contribution in [0, 0.1) is 0 Å². The first-order valence-electron chi connectivity index (χ1n) is 5.84. The topological polar surface area (TPSA) is 55.4 Å². The summed E-state index contributed by atoms with van der Waals surface area (Å²) in [6, 6.07) is 7.02. The van der Waals surface area contributed by atoms with Crippen LogP contribution in [0.3, 0.4) is 0 Å². The zero-order chi connectivity index (χ0) is 12.7. The minimum Gasteiger partial charge on any atom is -0.768 e. The molecule has 1 N–H and O–H groups in total. The fourth-order valence-corrected chi connectivity index (χ4v) is 2.05. The summed E-state index contributed by atoms with van der Waals surface area (Å²) in [5.41, 5.74) is 0.951. The van der Waals surface area contributed by atoms with Crippen LogP contribution in [-0.2, 0) is 11.1 Å². The highest BCUT2D eigenvalue weighted by Gasteiger charge is 2.04. The highest BCUT2D eigenvalue weighted by molar-refractivity contribution is 7.79. The third-order valence-corrected chi connectivity index (χ3v) is 3.20. The SMILES string of the molecule is CCNCCN(CC)c1cccc(S(=O)[O-])c1. The van der Waals surface area contributed by atoms with Crippen molar-refractivity contribution in [2.75, 3.05) is 31.1 Å². The van der Waals surface area contributed by atoms with Crippen LogP contribution in [0.15, 0.2) is 29.2 Å². The third-order valence-electron chi connectivity index (χ3n) is 2.57. The molecule has 4 nitrogen and oxygen atoms in total. The molecule has 0 spiro atoms. The molecule has 1 atom stereocenters. The molecule has 5 heteroatoms. The van der Waals surface area contributed by atoms with Gasteiger partial charge in [0.2, 0.25) is 0 Å². The summed E-state index contributed by atoms with van der Waals surface area (Å²) in [4.78, 5) is 2.49. The highest BCUT2D eigenvalue weighted by atomic mass is 32.2. The van der Waals surface area contributed by atoms with E-state index in [1.54, 1.807) is 18.2 Å². The fourth-order valence-electron chi connectivity index (χ4n) is 1.64. The Hall–Kier alpha value is -0.910. The molecule has 0 aliphatic rings. The lowest BCUT2D eigenvalue weighted by Crippen LogP contribution is -2.31. The van der Waals surface area contributed by atoms with E-state index in [-0.39, 0.29) is 0 Å². The lowest BCUT2D eigenvalue weighted by molar-refractivity contribution is 0.537. The van der Waals surface area contributed by atoms with Gasteiger partial charge >= 0.3 is 0 Å². The number of hydrogen-bond donors (Lipinski definition) is 1. The van der Waals surface area contributed by atoms with Gasteiger partial charge in [-0.15, -0.1) is 0 Å². The van der Waals surface area contributed by atoms with Crippen molar-refractivity contribution < 1.29 is 8.76 Å². The maximum absolute atomic E-state index is 10.9. The van der Waals surface area contributed by atoms with Gasteiger partial charge in [-0.05, 0) is 42.7 Å². The molecule has 0 aliphatic carbocycles. The van der Waals surface area contributed by atoms with Crippen molar-refractivity contribution in [1.82, 2.24) is 5.32 Å². The van der Waals surface area contributed by atoms with E-state index in [1.165, 1.54) is 0 Å². The second-order valence-corrected chi connectivity index (χ2v) is 4.61. The van der Waals surface area contributed by atoms with Crippen LogP contribution < -0.4 is 10.2 Å². The van der Waals surface area contributed by atoms with Crippen molar-refractivity contribution in [2.24, 2.45) is 0 Å². The Labute approximate surface area is 105 Å². The molecule has 0 heterocycles. The maximum atomic E-state index is 10.9. The number of benzene rings is 1. The molecule has 0 amide bonds. The normalized spacial score (nSPS) is 12.4. The number of nitrogens with zero attached hydrogens (tertiary/aromatic N) is 1. The second-order valence-electron chi connectivity index (χ2n) is 3.67. The minimum absolute atomic E-state index is 0.337. The van der Waals surface area contributed by atoms with Crippen LogP contribution in [0.4, 0.5) is 5.69 Å². The molecule has 1 unspecified atom stereocenters. The quantitative estimate of drug-likeness (QED) is 0.590. The molecule has 0 aromatic heterocycles. The number of likely N-dealkylation sites (N-methyl/N-ethyl adjacent to an activating group) is 2. The summed E-state index contributed by atoms with van der Waals surface area (Å²) < 4.78 is 21.8. The lowest BCUT2D eigenvalue weighted by atomic mass is 10.3. The van der Waals surface area contributed by atoms with Gasteiger partial charge in [-0.3, -0.25) is 4.21 Å². The first-order chi connectivity index (χ1) is 8.19. The van der Waals surface area contributed by atoms with Gasteiger partial charge in [0.25, 0.3) is 0 Å². The van der Waals surface area contributed by atoms with E-state index in [0.29, 0.717) is 4.90 Å². The van der Waals surface area contributed by atoms with Gasteiger partial charge in [0.15, 0.2) is 0 Å². The molecular weight excluding hydrogens is 236 g/mol. The Morgan fingerprint density at radius 3 is 2.76 bits per heavy atom. The predicted octanol–water partition coefficient (Wildman–Crippen LogP) is 1.36. The summed E-state index contributed by atoms with van der Waals surface area (Å²) in [6.45, 7) is 7.71. The van der Waals surface area contributed by atoms with Crippen LogP contribution in [0.5, 0.6) is 0 Å². The average molecular weight is 255 g/mol. The van der Waals surface area contributed by atoms with E-state index in [1.807, 2.05) is 6.07 Å². The molecule has 1 aromatic rings. The van der Waals surface area contributed by atoms with Gasteiger partial charge < -0.3 is 14.8 Å². The molecule has 96 valence electrons. The van der Waals surface area contributed by atoms with Crippen molar-refractivity contribution in [2.45, 2.75) is 18.7 Å². The van der Waals surface area contributed by atoms with E-state index >= 15 is 0 Å². The molecule has 0 radical (unpaired) electrons. The number of rotatable bonds is 7. The fraction of sp³-hybridized carbons (Fsp3) is 0.500. The Kier molecular flexibility index (Phi) is 6.18. The molecule has 0 bridgehead atoms. The first-order valence-corrected chi connectivity index (χ1v) is 6.91. The zero-order valence-electron chi connectivity index (χ0n) is 10.3. The van der Waals surface area contributed by atoms with Gasteiger partial charge in [-0.25, -0.2) is 0 Å². The Morgan fingerprint density at radius 2 is 2.18 bits per heavy atom. The third kappa shape index (κ3) is 4.46. The number of hydrogen-bond acceptors (Lipinski definition) is 4. The smallest absolute Gasteiger partial charge is 0.0378 e. The molecule has 0 saturated heterocycles. The van der Waals surface area contributed by atoms with Crippen LogP contribution in [0.1, 0.15) is 13.8 Å². The Balaban J connectivity index is 2.73. The lowest BCUT2D eigenvalue weighted by Gasteiger charge is -2.24. The van der Waals surface area contributed by atoms with Gasteiger partial charge in [-0.1, -0.05) is 13.0 Å². The van der Waals surface area contributed by atoms with Crippen LogP contribution in [0.25, 0.3) is 0 Å². The molecule has 1 aromatic carbocycles. The molecule has 0 saturated carbocycles. The van der Waals surface area contributed by atoms with Gasteiger partial charge in [0, 0.05) is 30.2 Å². The predicted molar refractivity (Wildman–Crippen MR) is 70.1 cm³/mol. The minimum atomic E-state index is -2.16. The van der Waals surface area contributed by atoms with Crippen molar-refractivity contribution in [1.29, 1.82) is 0 Å². The van der Waals surface area contributed by atoms with Crippen LogP contribution in [-0.4, -0.2) is 34.9 Å². The standard InChI is InChI=1S/C12H20N2O2S/c1-3-13-8-9-14(4-2)11-6-5-7-12(10-11)17(15)16/h5-7,10,13H,3-4,8-9H2,1-2H3,(H,15,16)/p-1. The van der Waals surface area contributed by atoms with Gasteiger partial charge in [0.1, 0.15) is 0 Å². The Bertz CT molecular complexity index is 371. The monoisotopic (exact) mass is 255 g/mol. The van der Waals surface area contributed by atoms with E-state index in [2.05, 4.69) is 24.1 Å². The van der Waals surface area contributed by atoms with Gasteiger partial charge in [-0.2, -0.15) is 0 Å². The molecule has 0 aliphatic heterocycles. The van der Waals surface area contributed by atoms with E-state index in [4.69, 9.17) is 0 Å². The second kappa shape index (κ2) is 7.42. The van der Waals surface area contributed by atoms with Crippen molar-refractivity contribution in [3.63, 3.8) is 0 Å². The molecule has 1 rings (SSSR count). The molecular formula is C12H19N2O2S-. The van der Waals surface area contributed by atoms with E-state index < -0.39 is 11.1 Å². The zero-order valence-corrected chi connectivity index (χ0v) is 11.1. The van der Waals surface area contributed by atoms with E-state index in [9.17, 15) is 8.76 Å². The highest BCUT2D eigenvalue weighted by Crippen LogP contribution is 2.17.